The van der Waals surface area contributed by atoms with Crippen molar-refractivity contribution in [3.8, 4) is 11.5 Å². The van der Waals surface area contributed by atoms with Crippen LogP contribution in [0, 0.1) is 6.07 Å². The van der Waals surface area contributed by atoms with E-state index >= 15 is 0 Å². The molecule has 0 aromatic heterocycles. The zero-order chi connectivity index (χ0) is 17.4. The SMILES string of the molecule is COc1[c]ccc(CC(CO)c2ccc(CCCO)cc2OC)c1. The molecule has 24 heavy (non-hydrogen) atoms. The van der Waals surface area contributed by atoms with Gasteiger partial charge in [-0.15, -0.1) is 0 Å². The molecule has 129 valence electrons. The summed E-state index contributed by atoms with van der Waals surface area (Å²) in [5.74, 6) is 1.41. The molecule has 2 aromatic carbocycles. The monoisotopic (exact) mass is 329 g/mol. The first-order valence-electron chi connectivity index (χ1n) is 8.15. The molecular weight excluding hydrogens is 304 g/mol. The summed E-state index contributed by atoms with van der Waals surface area (Å²) in [6.07, 6.45) is 2.22. The zero-order valence-electron chi connectivity index (χ0n) is 14.3. The van der Waals surface area contributed by atoms with Crippen molar-refractivity contribution in [2.24, 2.45) is 0 Å². The number of ether oxygens (including phenoxy) is 2. The minimum atomic E-state index is -0.0565. The van der Waals surface area contributed by atoms with Crippen LogP contribution in [0.3, 0.4) is 0 Å². The van der Waals surface area contributed by atoms with Crippen LogP contribution in [0.1, 0.15) is 29.0 Å². The average molecular weight is 329 g/mol. The number of hydrogen-bond donors (Lipinski definition) is 2. The van der Waals surface area contributed by atoms with Gasteiger partial charge in [-0.05, 0) is 48.1 Å². The molecule has 1 atom stereocenters. The molecule has 1 unspecified atom stereocenters. The summed E-state index contributed by atoms with van der Waals surface area (Å²) >= 11 is 0. The number of methoxy groups -OCH3 is 2. The third-order valence-electron chi connectivity index (χ3n) is 4.12. The number of aliphatic hydroxyl groups excluding tert-OH is 2. The summed E-state index contributed by atoms with van der Waals surface area (Å²) in [5, 5.41) is 18.8. The second kappa shape index (κ2) is 9.30. The highest BCUT2D eigenvalue weighted by molar-refractivity contribution is 5.41. The molecule has 4 nitrogen and oxygen atoms in total. The van der Waals surface area contributed by atoms with E-state index < -0.39 is 0 Å². The first-order valence-corrected chi connectivity index (χ1v) is 8.15. The molecule has 0 aliphatic rings. The Morgan fingerprint density at radius 1 is 1.04 bits per heavy atom. The zero-order valence-corrected chi connectivity index (χ0v) is 14.3. The van der Waals surface area contributed by atoms with Crippen LogP contribution in [0.15, 0.2) is 36.4 Å². The molecule has 0 heterocycles. The van der Waals surface area contributed by atoms with Crippen LogP contribution in [0.4, 0.5) is 0 Å². The van der Waals surface area contributed by atoms with Crippen molar-refractivity contribution in [1.29, 1.82) is 0 Å². The van der Waals surface area contributed by atoms with Crippen LogP contribution in [-0.2, 0) is 12.8 Å². The topological polar surface area (TPSA) is 58.9 Å². The number of aliphatic hydroxyl groups is 2. The van der Waals surface area contributed by atoms with Gasteiger partial charge in [-0.25, -0.2) is 0 Å². The molecule has 2 N–H and O–H groups in total. The number of aryl methyl sites for hydroxylation is 1. The second-order valence-corrected chi connectivity index (χ2v) is 5.75. The van der Waals surface area contributed by atoms with Gasteiger partial charge in [0.25, 0.3) is 0 Å². The summed E-state index contributed by atoms with van der Waals surface area (Å²) in [7, 11) is 3.26. The molecule has 0 fully saturated rings. The summed E-state index contributed by atoms with van der Waals surface area (Å²) in [4.78, 5) is 0. The lowest BCUT2D eigenvalue weighted by Crippen LogP contribution is -2.10. The molecule has 0 saturated heterocycles. The van der Waals surface area contributed by atoms with Gasteiger partial charge in [-0.1, -0.05) is 24.3 Å². The van der Waals surface area contributed by atoms with Crippen LogP contribution in [0.2, 0.25) is 0 Å². The highest BCUT2D eigenvalue weighted by Gasteiger charge is 2.17. The molecule has 0 amide bonds. The quantitative estimate of drug-likeness (QED) is 0.743. The van der Waals surface area contributed by atoms with Crippen LogP contribution in [0.25, 0.3) is 0 Å². The lowest BCUT2D eigenvalue weighted by Gasteiger charge is -2.19. The van der Waals surface area contributed by atoms with E-state index in [-0.39, 0.29) is 19.1 Å². The molecular formula is C20H25O4. The Kier molecular flexibility index (Phi) is 7.09. The molecule has 4 heteroatoms. The fourth-order valence-electron chi connectivity index (χ4n) is 2.82. The van der Waals surface area contributed by atoms with Crippen molar-refractivity contribution in [2.75, 3.05) is 27.4 Å². The molecule has 0 aliphatic heterocycles. The van der Waals surface area contributed by atoms with Gasteiger partial charge >= 0.3 is 0 Å². The predicted octanol–water partition coefficient (Wildman–Crippen LogP) is 2.75. The van der Waals surface area contributed by atoms with E-state index in [0.29, 0.717) is 12.2 Å². The fourth-order valence-corrected chi connectivity index (χ4v) is 2.82. The first-order chi connectivity index (χ1) is 11.7. The summed E-state index contributed by atoms with van der Waals surface area (Å²) in [6.45, 7) is 0.212. The van der Waals surface area contributed by atoms with Gasteiger partial charge in [0.2, 0.25) is 0 Å². The average Bonchev–Trinajstić information content (AvgIpc) is 2.64. The Hall–Kier alpha value is -2.04. The predicted molar refractivity (Wildman–Crippen MR) is 93.8 cm³/mol. The maximum absolute atomic E-state index is 9.87. The Morgan fingerprint density at radius 3 is 2.54 bits per heavy atom. The molecule has 2 rings (SSSR count). The molecule has 0 saturated carbocycles. The first kappa shape index (κ1) is 18.3. The minimum absolute atomic E-state index is 0.0350. The van der Waals surface area contributed by atoms with Gasteiger partial charge < -0.3 is 19.7 Å². The van der Waals surface area contributed by atoms with Crippen LogP contribution in [-0.4, -0.2) is 37.6 Å². The Labute approximate surface area is 143 Å². The summed E-state index contributed by atoms with van der Waals surface area (Å²) in [5.41, 5.74) is 3.19. The van der Waals surface area contributed by atoms with Gasteiger partial charge in [0.15, 0.2) is 0 Å². The highest BCUT2D eigenvalue weighted by Crippen LogP contribution is 2.31. The molecule has 1 radical (unpaired) electrons. The fraction of sp³-hybridized carbons (Fsp3) is 0.400. The van der Waals surface area contributed by atoms with E-state index in [1.165, 1.54) is 0 Å². The molecule has 0 bridgehead atoms. The van der Waals surface area contributed by atoms with E-state index in [4.69, 9.17) is 14.6 Å². The van der Waals surface area contributed by atoms with E-state index in [9.17, 15) is 5.11 Å². The smallest absolute Gasteiger partial charge is 0.127 e. The van der Waals surface area contributed by atoms with Crippen molar-refractivity contribution in [3.05, 3.63) is 59.2 Å². The normalized spacial score (nSPS) is 12.0. The summed E-state index contributed by atoms with van der Waals surface area (Å²) < 4.78 is 10.7. The maximum atomic E-state index is 9.87. The van der Waals surface area contributed by atoms with Crippen LogP contribution >= 0.6 is 0 Å². The van der Waals surface area contributed by atoms with E-state index in [1.807, 2.05) is 36.4 Å². The second-order valence-electron chi connectivity index (χ2n) is 5.75. The molecule has 0 aliphatic carbocycles. The van der Waals surface area contributed by atoms with Crippen molar-refractivity contribution >= 4 is 0 Å². The van der Waals surface area contributed by atoms with Gasteiger partial charge in [-0.3, -0.25) is 0 Å². The van der Waals surface area contributed by atoms with Gasteiger partial charge in [0, 0.05) is 18.6 Å². The van der Waals surface area contributed by atoms with Crippen molar-refractivity contribution in [3.63, 3.8) is 0 Å². The number of rotatable bonds is 9. The highest BCUT2D eigenvalue weighted by atomic mass is 16.5. The van der Waals surface area contributed by atoms with Crippen molar-refractivity contribution in [2.45, 2.75) is 25.2 Å². The van der Waals surface area contributed by atoms with Gasteiger partial charge in [-0.2, -0.15) is 0 Å². The lowest BCUT2D eigenvalue weighted by atomic mass is 9.90. The van der Waals surface area contributed by atoms with E-state index in [2.05, 4.69) is 6.07 Å². The minimum Gasteiger partial charge on any atom is -0.496 e. The Bertz CT molecular complexity index is 639. The Morgan fingerprint density at radius 2 is 1.88 bits per heavy atom. The third kappa shape index (κ3) is 4.73. The Balaban J connectivity index is 2.22. The van der Waals surface area contributed by atoms with E-state index in [1.54, 1.807) is 14.2 Å². The van der Waals surface area contributed by atoms with Crippen molar-refractivity contribution in [1.82, 2.24) is 0 Å². The summed E-state index contributed by atoms with van der Waals surface area (Å²) in [6, 6.07) is 14.8. The van der Waals surface area contributed by atoms with E-state index in [0.717, 1.165) is 35.3 Å². The maximum Gasteiger partial charge on any atom is 0.127 e. The van der Waals surface area contributed by atoms with Crippen LogP contribution < -0.4 is 9.47 Å². The van der Waals surface area contributed by atoms with Gasteiger partial charge in [0.05, 0.1) is 20.8 Å². The lowest BCUT2D eigenvalue weighted by molar-refractivity contribution is 0.261. The number of benzene rings is 2. The molecule has 0 spiro atoms. The number of hydrogen-bond acceptors (Lipinski definition) is 4. The van der Waals surface area contributed by atoms with Crippen LogP contribution in [0.5, 0.6) is 11.5 Å². The van der Waals surface area contributed by atoms with Crippen molar-refractivity contribution < 1.29 is 19.7 Å². The standard InChI is InChI=1S/C20H25O4/c1-23-18-7-3-5-16(12-18)11-17(14-22)19-9-8-15(6-4-10-21)13-20(19)24-2/h3,5,8-9,12-13,17,21-22H,4,6,10-11,14H2,1-2H3. The van der Waals surface area contributed by atoms with Gasteiger partial charge in [0.1, 0.15) is 11.5 Å². The molecule has 2 aromatic rings. The largest absolute Gasteiger partial charge is 0.496 e. The third-order valence-corrected chi connectivity index (χ3v) is 4.12.